The Kier molecular flexibility index (Phi) is 4.82. The second kappa shape index (κ2) is 7.43. The largest absolute Gasteiger partial charge is 0.339 e. The van der Waals surface area contributed by atoms with Crippen LogP contribution >= 0.6 is 0 Å². The first-order valence-corrected chi connectivity index (χ1v) is 9.60. The molecule has 0 saturated carbocycles. The lowest BCUT2D eigenvalue weighted by Crippen LogP contribution is -2.22. The number of para-hydroxylation sites is 1. The molecule has 0 radical (unpaired) electrons. The topological polar surface area (TPSA) is 66.9 Å². The monoisotopic (exact) mass is 372 g/mol. The standard InChI is InChI=1S/C23H24N4O/c1-14-7-6-9-17(11-14)24-23-26-19-12-15(2)13-20(28)21(19)22(27-23)25-18-10-5-4-8-16(18)3/h4-11,15H,12-13H2,1-3H3,(H2,24,25,26,27). The molecule has 1 aliphatic rings. The number of carbonyl (C=O) groups is 1. The predicted molar refractivity (Wildman–Crippen MR) is 113 cm³/mol. The van der Waals surface area contributed by atoms with Crippen molar-refractivity contribution in [3.63, 3.8) is 0 Å². The zero-order valence-electron chi connectivity index (χ0n) is 16.4. The number of hydrogen-bond donors (Lipinski definition) is 2. The second-order valence-electron chi connectivity index (χ2n) is 7.59. The van der Waals surface area contributed by atoms with Crippen molar-refractivity contribution in [2.24, 2.45) is 5.92 Å². The van der Waals surface area contributed by atoms with Crippen LogP contribution in [0.4, 0.5) is 23.1 Å². The van der Waals surface area contributed by atoms with Crippen LogP contribution in [0.25, 0.3) is 0 Å². The van der Waals surface area contributed by atoms with Crippen LogP contribution in [-0.2, 0) is 6.42 Å². The van der Waals surface area contributed by atoms with E-state index in [0.717, 1.165) is 34.6 Å². The summed E-state index contributed by atoms with van der Waals surface area (Å²) in [5, 5.41) is 6.66. The van der Waals surface area contributed by atoms with E-state index in [1.54, 1.807) is 0 Å². The van der Waals surface area contributed by atoms with E-state index in [1.807, 2.05) is 62.4 Å². The van der Waals surface area contributed by atoms with Crippen molar-refractivity contribution in [3.8, 4) is 0 Å². The molecule has 0 saturated heterocycles. The van der Waals surface area contributed by atoms with Crippen molar-refractivity contribution in [1.82, 2.24) is 9.97 Å². The summed E-state index contributed by atoms with van der Waals surface area (Å²) in [6.07, 6.45) is 1.30. The van der Waals surface area contributed by atoms with Gasteiger partial charge in [0.05, 0.1) is 11.3 Å². The molecule has 142 valence electrons. The van der Waals surface area contributed by atoms with E-state index in [-0.39, 0.29) is 11.7 Å². The lowest BCUT2D eigenvalue weighted by Gasteiger charge is -2.23. The van der Waals surface area contributed by atoms with Crippen molar-refractivity contribution in [2.75, 3.05) is 10.6 Å². The molecule has 1 aliphatic carbocycles. The summed E-state index contributed by atoms with van der Waals surface area (Å²) < 4.78 is 0. The highest BCUT2D eigenvalue weighted by Gasteiger charge is 2.28. The minimum atomic E-state index is 0.104. The summed E-state index contributed by atoms with van der Waals surface area (Å²) in [7, 11) is 0. The molecule has 1 aromatic heterocycles. The van der Waals surface area contributed by atoms with Crippen molar-refractivity contribution in [1.29, 1.82) is 0 Å². The fourth-order valence-electron chi connectivity index (χ4n) is 3.61. The lowest BCUT2D eigenvalue weighted by molar-refractivity contribution is 0.0953. The van der Waals surface area contributed by atoms with E-state index in [9.17, 15) is 4.79 Å². The van der Waals surface area contributed by atoms with Gasteiger partial charge in [-0.1, -0.05) is 37.3 Å². The number of nitrogens with one attached hydrogen (secondary N) is 2. The normalized spacial score (nSPS) is 15.8. The highest BCUT2D eigenvalue weighted by atomic mass is 16.1. The van der Waals surface area contributed by atoms with E-state index < -0.39 is 0 Å². The molecule has 1 heterocycles. The predicted octanol–water partition coefficient (Wildman–Crippen LogP) is 5.35. The number of fused-ring (bicyclic) bond motifs is 1. The third-order valence-corrected chi connectivity index (χ3v) is 5.01. The molecule has 4 rings (SSSR count). The van der Waals surface area contributed by atoms with Crippen molar-refractivity contribution in [2.45, 2.75) is 33.6 Å². The summed E-state index contributed by atoms with van der Waals surface area (Å²) in [5.41, 5.74) is 5.55. The third kappa shape index (κ3) is 3.74. The summed E-state index contributed by atoms with van der Waals surface area (Å²) >= 11 is 0. The number of aromatic nitrogens is 2. The maximum absolute atomic E-state index is 12.8. The van der Waals surface area contributed by atoms with Crippen LogP contribution in [0.1, 0.15) is 40.5 Å². The number of hydrogen-bond acceptors (Lipinski definition) is 5. The van der Waals surface area contributed by atoms with Gasteiger partial charge in [0.15, 0.2) is 5.78 Å². The van der Waals surface area contributed by atoms with Gasteiger partial charge in [-0.3, -0.25) is 4.79 Å². The van der Waals surface area contributed by atoms with E-state index in [2.05, 4.69) is 27.5 Å². The summed E-state index contributed by atoms with van der Waals surface area (Å²) in [6, 6.07) is 16.1. The molecule has 0 bridgehead atoms. The Morgan fingerprint density at radius 3 is 2.57 bits per heavy atom. The molecule has 28 heavy (non-hydrogen) atoms. The number of anilines is 4. The molecule has 2 N–H and O–H groups in total. The van der Waals surface area contributed by atoms with Crippen molar-refractivity contribution in [3.05, 3.63) is 70.9 Å². The number of aryl methyl sites for hydroxylation is 2. The van der Waals surface area contributed by atoms with Gasteiger partial charge >= 0.3 is 0 Å². The zero-order valence-corrected chi connectivity index (χ0v) is 16.4. The van der Waals surface area contributed by atoms with Crippen LogP contribution in [0.2, 0.25) is 0 Å². The van der Waals surface area contributed by atoms with Gasteiger partial charge in [-0.05, 0) is 55.5 Å². The molecule has 5 nitrogen and oxygen atoms in total. The van der Waals surface area contributed by atoms with Crippen molar-refractivity contribution < 1.29 is 4.79 Å². The van der Waals surface area contributed by atoms with Gasteiger partial charge < -0.3 is 10.6 Å². The van der Waals surface area contributed by atoms with Crippen LogP contribution in [0.15, 0.2) is 48.5 Å². The van der Waals surface area contributed by atoms with Crippen LogP contribution in [0, 0.1) is 19.8 Å². The highest BCUT2D eigenvalue weighted by molar-refractivity contribution is 6.03. The van der Waals surface area contributed by atoms with E-state index in [4.69, 9.17) is 0 Å². The first-order valence-electron chi connectivity index (χ1n) is 9.60. The molecular formula is C23H24N4O. The Morgan fingerprint density at radius 1 is 0.964 bits per heavy atom. The molecule has 1 atom stereocenters. The third-order valence-electron chi connectivity index (χ3n) is 5.01. The Labute approximate surface area is 165 Å². The molecule has 0 spiro atoms. The van der Waals surface area contributed by atoms with Gasteiger partial charge in [0.25, 0.3) is 0 Å². The fourth-order valence-corrected chi connectivity index (χ4v) is 3.61. The zero-order chi connectivity index (χ0) is 19.7. The minimum absolute atomic E-state index is 0.104. The Hall–Kier alpha value is -3.21. The van der Waals surface area contributed by atoms with Crippen LogP contribution < -0.4 is 10.6 Å². The smallest absolute Gasteiger partial charge is 0.229 e. The molecular weight excluding hydrogens is 348 g/mol. The number of nitrogens with zero attached hydrogens (tertiary/aromatic N) is 2. The molecule has 2 aromatic carbocycles. The van der Waals surface area contributed by atoms with E-state index >= 15 is 0 Å². The highest BCUT2D eigenvalue weighted by Crippen LogP contribution is 2.32. The summed E-state index contributed by atoms with van der Waals surface area (Å²) in [4.78, 5) is 22.1. The molecule has 0 amide bonds. The molecule has 0 fully saturated rings. The molecule has 3 aromatic rings. The number of carbonyl (C=O) groups excluding carboxylic acids is 1. The molecule has 5 heteroatoms. The first-order chi connectivity index (χ1) is 13.5. The Morgan fingerprint density at radius 2 is 1.79 bits per heavy atom. The quantitative estimate of drug-likeness (QED) is 0.646. The maximum atomic E-state index is 12.8. The SMILES string of the molecule is Cc1cccc(Nc2nc3c(c(Nc4ccccc4C)n2)C(=O)CC(C)C3)c1. The number of rotatable bonds is 4. The summed E-state index contributed by atoms with van der Waals surface area (Å²) in [5.74, 6) is 1.47. The van der Waals surface area contributed by atoms with Gasteiger partial charge in [0.1, 0.15) is 5.82 Å². The van der Waals surface area contributed by atoms with Crippen LogP contribution in [0.5, 0.6) is 0 Å². The number of ketones is 1. The van der Waals surface area contributed by atoms with Gasteiger partial charge in [-0.15, -0.1) is 0 Å². The first kappa shape index (κ1) is 18.2. The van der Waals surface area contributed by atoms with Gasteiger partial charge in [0, 0.05) is 17.8 Å². The summed E-state index contributed by atoms with van der Waals surface area (Å²) in [6.45, 7) is 6.17. The lowest BCUT2D eigenvalue weighted by atomic mass is 9.87. The van der Waals surface area contributed by atoms with Gasteiger partial charge in [0.2, 0.25) is 5.95 Å². The molecule has 0 aliphatic heterocycles. The maximum Gasteiger partial charge on any atom is 0.229 e. The fraction of sp³-hybridized carbons (Fsp3) is 0.261. The second-order valence-corrected chi connectivity index (χ2v) is 7.59. The Balaban J connectivity index is 1.77. The number of Topliss-reactive ketones (excluding diaryl/α,β-unsaturated/α-hetero) is 1. The van der Waals surface area contributed by atoms with E-state index in [0.29, 0.717) is 23.8 Å². The molecule has 1 unspecified atom stereocenters. The minimum Gasteiger partial charge on any atom is -0.339 e. The van der Waals surface area contributed by atoms with Gasteiger partial charge in [-0.2, -0.15) is 4.98 Å². The van der Waals surface area contributed by atoms with Crippen LogP contribution in [-0.4, -0.2) is 15.8 Å². The van der Waals surface area contributed by atoms with Crippen LogP contribution in [0.3, 0.4) is 0 Å². The Bertz CT molecular complexity index is 1040. The van der Waals surface area contributed by atoms with Crippen molar-refractivity contribution >= 4 is 28.9 Å². The number of benzene rings is 2. The van der Waals surface area contributed by atoms with E-state index in [1.165, 1.54) is 0 Å². The average Bonchev–Trinajstić information content (AvgIpc) is 2.63. The van der Waals surface area contributed by atoms with Gasteiger partial charge in [-0.25, -0.2) is 4.98 Å². The average molecular weight is 372 g/mol.